The van der Waals surface area contributed by atoms with Crippen molar-refractivity contribution >= 4 is 38.5 Å². The Labute approximate surface area is 224 Å². The van der Waals surface area contributed by atoms with Crippen LogP contribution in [0, 0.1) is 11.6 Å². The first-order valence-electron chi connectivity index (χ1n) is 12.1. The highest BCUT2D eigenvalue weighted by molar-refractivity contribution is 7.92. The highest BCUT2D eigenvalue weighted by atomic mass is 32.2. The number of nitrogens with zero attached hydrogens (tertiary/aromatic N) is 4. The van der Waals surface area contributed by atoms with Gasteiger partial charge in [0.05, 0.1) is 17.7 Å². The average Bonchev–Trinajstić information content (AvgIpc) is 3.60. The van der Waals surface area contributed by atoms with Crippen molar-refractivity contribution in [3.63, 3.8) is 0 Å². The van der Waals surface area contributed by atoms with Gasteiger partial charge in [-0.1, -0.05) is 0 Å². The van der Waals surface area contributed by atoms with E-state index in [1.807, 2.05) is 0 Å². The fraction of sp³-hybridized carbons (Fsp3) is 0.280. The number of sulfonamides is 1. The van der Waals surface area contributed by atoms with Crippen LogP contribution in [0.3, 0.4) is 0 Å². The van der Waals surface area contributed by atoms with E-state index in [0.29, 0.717) is 28.5 Å². The van der Waals surface area contributed by atoms with Gasteiger partial charge in [0.15, 0.2) is 11.6 Å². The molecule has 0 bridgehead atoms. The van der Waals surface area contributed by atoms with Crippen molar-refractivity contribution in [1.82, 2.24) is 19.9 Å². The summed E-state index contributed by atoms with van der Waals surface area (Å²) in [6, 6.07) is 3.08. The molecule has 1 aliphatic heterocycles. The number of carbonyl (C=O) groups excluding carboxylic acids is 1. The monoisotopic (exact) mass is 580 g/mol. The summed E-state index contributed by atoms with van der Waals surface area (Å²) < 4.78 is 92.5. The summed E-state index contributed by atoms with van der Waals surface area (Å²) in [5.41, 5.74) is -0.527. The van der Waals surface area contributed by atoms with Crippen molar-refractivity contribution < 1.29 is 35.2 Å². The number of anilines is 2. The first-order valence-corrected chi connectivity index (χ1v) is 13.7. The minimum atomic E-state index is -4.80. The topological polar surface area (TPSA) is 121 Å². The van der Waals surface area contributed by atoms with Crippen LogP contribution in [0.25, 0.3) is 22.2 Å². The number of nitrogens with one attached hydrogen (secondary N) is 2. The van der Waals surface area contributed by atoms with Gasteiger partial charge < -0.3 is 9.88 Å². The Hall–Kier alpha value is -4.14. The van der Waals surface area contributed by atoms with Crippen LogP contribution in [0.2, 0.25) is 0 Å². The highest BCUT2D eigenvalue weighted by Gasteiger charge is 2.31. The molecule has 4 aromatic rings. The maximum Gasteiger partial charge on any atom is 0.390 e. The minimum absolute atomic E-state index is 0.0460. The molecular weight excluding hydrogens is 559 g/mol. The summed E-state index contributed by atoms with van der Waals surface area (Å²) >= 11 is 0. The van der Waals surface area contributed by atoms with Crippen LogP contribution in [-0.2, 0) is 10.0 Å². The Morgan fingerprint density at radius 1 is 1.00 bits per heavy atom. The first kappa shape index (κ1) is 27.4. The molecule has 0 atom stereocenters. The van der Waals surface area contributed by atoms with Crippen molar-refractivity contribution in [2.45, 2.75) is 25.4 Å². The molecule has 1 aliphatic rings. The number of fused-ring (bicyclic) bond motifs is 1. The molecule has 5 rings (SSSR count). The third-order valence-corrected chi connectivity index (χ3v) is 7.64. The summed E-state index contributed by atoms with van der Waals surface area (Å²) in [6.45, 7) is 1.75. The van der Waals surface area contributed by atoms with E-state index in [1.165, 1.54) is 17.1 Å². The Morgan fingerprint density at radius 3 is 2.35 bits per heavy atom. The summed E-state index contributed by atoms with van der Waals surface area (Å²) in [5.74, 6) is -4.74. The van der Waals surface area contributed by atoms with E-state index in [4.69, 9.17) is 0 Å². The number of carbonyl (C=O) groups is 1. The molecule has 3 aromatic heterocycles. The fourth-order valence-electron chi connectivity index (χ4n) is 4.32. The van der Waals surface area contributed by atoms with Gasteiger partial charge >= 0.3 is 6.18 Å². The number of aromatic amines is 1. The number of alkyl halides is 3. The summed E-state index contributed by atoms with van der Waals surface area (Å²) in [4.78, 5) is 31.3. The summed E-state index contributed by atoms with van der Waals surface area (Å²) in [7, 11) is -4.78. The smallest absolute Gasteiger partial charge is 0.345 e. The summed E-state index contributed by atoms with van der Waals surface area (Å²) in [6.07, 6.45) is 1.66. The average molecular weight is 581 g/mol. The number of pyridine rings is 1. The number of rotatable bonds is 8. The lowest BCUT2D eigenvalue weighted by atomic mass is 10.0. The molecule has 4 heterocycles. The predicted octanol–water partition coefficient (Wildman–Crippen LogP) is 4.82. The number of hydrogen-bond acceptors (Lipinski definition) is 7. The van der Waals surface area contributed by atoms with E-state index in [9.17, 15) is 30.8 Å². The van der Waals surface area contributed by atoms with E-state index >= 15 is 4.39 Å². The fourth-order valence-corrected chi connectivity index (χ4v) is 5.42. The number of hydrogen-bond donors (Lipinski definition) is 2. The molecule has 0 aliphatic carbocycles. The number of halogens is 5. The second-order valence-electron chi connectivity index (χ2n) is 9.19. The SMILES string of the molecule is O=C(c1ccc(F)c(NS(=O)(=O)CCC(F)(F)F)c1F)c1c[nH]c2ncc(-c3cnc(N4CCCC4)nc3)cc12. The highest BCUT2D eigenvalue weighted by Crippen LogP contribution is 2.30. The van der Waals surface area contributed by atoms with Crippen molar-refractivity contribution in [2.24, 2.45) is 0 Å². The second-order valence-corrected chi connectivity index (χ2v) is 11.0. The van der Waals surface area contributed by atoms with Crippen LogP contribution < -0.4 is 9.62 Å². The second kappa shape index (κ2) is 10.4. The van der Waals surface area contributed by atoms with Crippen LogP contribution in [0.1, 0.15) is 35.2 Å². The van der Waals surface area contributed by atoms with Gasteiger partial charge in [-0.2, -0.15) is 13.2 Å². The lowest BCUT2D eigenvalue weighted by Crippen LogP contribution is -2.23. The van der Waals surface area contributed by atoms with Gasteiger partial charge in [-0.3, -0.25) is 9.52 Å². The number of ketones is 1. The quantitative estimate of drug-likeness (QED) is 0.226. The van der Waals surface area contributed by atoms with Crippen molar-refractivity contribution in [2.75, 3.05) is 28.5 Å². The zero-order valence-electron chi connectivity index (χ0n) is 20.6. The summed E-state index contributed by atoms with van der Waals surface area (Å²) in [5, 5.41) is 0.294. The molecule has 1 fully saturated rings. The molecule has 40 heavy (non-hydrogen) atoms. The molecule has 2 N–H and O–H groups in total. The zero-order chi connectivity index (χ0) is 28.7. The van der Waals surface area contributed by atoms with E-state index in [1.54, 1.807) is 18.5 Å². The normalized spacial score (nSPS) is 14.2. The van der Waals surface area contributed by atoms with Gasteiger partial charge in [-0.15, -0.1) is 0 Å². The maximum absolute atomic E-state index is 15.2. The minimum Gasteiger partial charge on any atom is -0.345 e. The van der Waals surface area contributed by atoms with Gasteiger partial charge in [-0.25, -0.2) is 32.2 Å². The lowest BCUT2D eigenvalue weighted by molar-refractivity contribution is -0.129. The van der Waals surface area contributed by atoms with Crippen LogP contribution in [0.5, 0.6) is 0 Å². The van der Waals surface area contributed by atoms with Crippen molar-refractivity contribution in [3.8, 4) is 11.1 Å². The van der Waals surface area contributed by atoms with Crippen LogP contribution in [-0.4, -0.2) is 59.2 Å². The van der Waals surface area contributed by atoms with Gasteiger partial charge in [-0.05, 0) is 31.0 Å². The molecule has 0 spiro atoms. The van der Waals surface area contributed by atoms with Gasteiger partial charge in [0, 0.05) is 60.0 Å². The Bertz CT molecular complexity index is 1680. The van der Waals surface area contributed by atoms with Crippen LogP contribution in [0.15, 0.2) is 43.0 Å². The number of benzene rings is 1. The van der Waals surface area contributed by atoms with Gasteiger partial charge in [0.1, 0.15) is 17.2 Å². The van der Waals surface area contributed by atoms with E-state index in [-0.39, 0.29) is 11.2 Å². The molecule has 210 valence electrons. The molecule has 0 unspecified atom stereocenters. The predicted molar refractivity (Wildman–Crippen MR) is 136 cm³/mol. The molecule has 0 saturated carbocycles. The molecule has 0 amide bonds. The van der Waals surface area contributed by atoms with Crippen LogP contribution in [0.4, 0.5) is 33.6 Å². The number of H-pyrrole nitrogens is 1. The third-order valence-electron chi connectivity index (χ3n) is 6.38. The van der Waals surface area contributed by atoms with E-state index in [0.717, 1.165) is 32.0 Å². The molecule has 1 aromatic carbocycles. The van der Waals surface area contributed by atoms with Gasteiger partial charge in [0.25, 0.3) is 0 Å². The molecule has 9 nitrogen and oxygen atoms in total. The van der Waals surface area contributed by atoms with E-state index < -0.39 is 57.0 Å². The zero-order valence-corrected chi connectivity index (χ0v) is 21.4. The van der Waals surface area contributed by atoms with Crippen molar-refractivity contribution in [1.29, 1.82) is 0 Å². The van der Waals surface area contributed by atoms with Gasteiger partial charge in [0.2, 0.25) is 16.0 Å². The Morgan fingerprint density at radius 2 is 1.68 bits per heavy atom. The first-order chi connectivity index (χ1) is 18.9. The maximum atomic E-state index is 15.2. The van der Waals surface area contributed by atoms with E-state index in [2.05, 4.69) is 24.8 Å². The lowest BCUT2D eigenvalue weighted by Gasteiger charge is -2.14. The van der Waals surface area contributed by atoms with Crippen LogP contribution >= 0.6 is 0 Å². The molecule has 15 heteroatoms. The standard InChI is InChI=1S/C25H21F5N6O3S/c26-19-4-3-16(20(27)21(19)35-40(38,39)8-5-25(28,29)30)22(37)18-13-32-23-17(18)9-14(10-31-23)15-11-33-24(34-12-15)36-6-1-2-7-36/h3-4,9-13,35H,1-2,5-8H2,(H,31,32). The Balaban J connectivity index is 1.44. The van der Waals surface area contributed by atoms with Crippen molar-refractivity contribution in [3.05, 3.63) is 65.7 Å². The molecular formula is C25H21F5N6O3S. The largest absolute Gasteiger partial charge is 0.390 e. The number of aromatic nitrogens is 4. The Kier molecular flexibility index (Phi) is 7.16. The third kappa shape index (κ3) is 5.73. The molecule has 1 saturated heterocycles. The molecule has 0 radical (unpaired) electrons.